The Morgan fingerprint density at radius 1 is 0.630 bits per heavy atom. The summed E-state index contributed by atoms with van der Waals surface area (Å²) in [4.78, 5) is 34.7. The van der Waals surface area contributed by atoms with Crippen molar-refractivity contribution in [1.29, 1.82) is 0 Å². The summed E-state index contributed by atoms with van der Waals surface area (Å²) in [6.07, 6.45) is 34.9. The van der Waals surface area contributed by atoms with Crippen LogP contribution in [0.3, 0.4) is 0 Å². The second kappa shape index (κ2) is 22.5. The molecule has 2 aromatic carbocycles. The molecule has 0 aliphatic rings. The highest BCUT2D eigenvalue weighted by Gasteiger charge is 2.09. The highest BCUT2D eigenvalue weighted by atomic mass is 16.5. The van der Waals surface area contributed by atoms with Gasteiger partial charge in [-0.05, 0) is 47.7 Å². The molecule has 0 radical (unpaired) electrons. The molecule has 2 rings (SSSR count). The molecule has 0 unspecified atom stereocenters. The van der Waals surface area contributed by atoms with Crippen LogP contribution in [0.1, 0.15) is 88.8 Å². The van der Waals surface area contributed by atoms with Crippen LogP contribution in [0.4, 0.5) is 0 Å². The Morgan fingerprint density at radius 3 is 1.67 bits per heavy atom. The topological polar surface area (TPSA) is 89.9 Å². The van der Waals surface area contributed by atoms with Crippen LogP contribution >= 0.6 is 0 Å². The summed E-state index contributed by atoms with van der Waals surface area (Å²) < 4.78 is 10.3. The minimum absolute atomic E-state index is 0.169. The summed E-state index contributed by atoms with van der Waals surface area (Å²) >= 11 is 0. The predicted octanol–water partition coefficient (Wildman–Crippen LogP) is 10.1. The second-order valence-corrected chi connectivity index (χ2v) is 10.6. The van der Waals surface area contributed by atoms with Gasteiger partial charge < -0.3 is 14.6 Å². The summed E-state index contributed by atoms with van der Waals surface area (Å²) in [6, 6.07) is 11.8. The van der Waals surface area contributed by atoms with Crippen molar-refractivity contribution < 1.29 is 29.0 Å². The monoisotopic (exact) mass is 622 g/mol. The van der Waals surface area contributed by atoms with Crippen molar-refractivity contribution in [3.63, 3.8) is 0 Å². The lowest BCUT2D eigenvalue weighted by atomic mass is 10.0. The van der Waals surface area contributed by atoms with E-state index in [4.69, 9.17) is 9.47 Å². The van der Waals surface area contributed by atoms with Gasteiger partial charge in [0, 0.05) is 19.9 Å². The smallest absolute Gasteiger partial charge is 0.336 e. The van der Waals surface area contributed by atoms with E-state index < -0.39 is 17.9 Å². The molecule has 0 aliphatic carbocycles. The zero-order valence-electron chi connectivity index (χ0n) is 27.2. The third kappa shape index (κ3) is 16.8. The minimum Gasteiger partial charge on any atom is -0.478 e. The van der Waals surface area contributed by atoms with Crippen molar-refractivity contribution in [2.75, 3.05) is 0 Å². The van der Waals surface area contributed by atoms with Crippen molar-refractivity contribution in [3.8, 4) is 11.5 Å². The standard InChI is InChI=1S/C40H46O6/c1-4-5-6-7-8-9-10-11-12-13-14-15-16-17-18-19-20-21-22-39(40(43)44)36-27-25-34(26-28-36)23-24-35-29-37(45-32(2)41)31-38(30-35)46-33(3)42/h12-31H,4-11H2,1-3H3,(H,43,44). The summed E-state index contributed by atoms with van der Waals surface area (Å²) in [6.45, 7) is 4.82. The number of esters is 2. The van der Waals surface area contributed by atoms with Crippen molar-refractivity contribution >= 4 is 35.6 Å². The second-order valence-electron chi connectivity index (χ2n) is 10.6. The van der Waals surface area contributed by atoms with Gasteiger partial charge in [-0.25, -0.2) is 4.79 Å². The van der Waals surface area contributed by atoms with Gasteiger partial charge in [0.1, 0.15) is 11.5 Å². The van der Waals surface area contributed by atoms with E-state index in [-0.39, 0.29) is 17.1 Å². The molecule has 242 valence electrons. The van der Waals surface area contributed by atoms with Gasteiger partial charge in [0.2, 0.25) is 0 Å². The third-order valence-corrected chi connectivity index (χ3v) is 6.61. The molecule has 0 atom stereocenters. The molecule has 6 heteroatoms. The van der Waals surface area contributed by atoms with Gasteiger partial charge in [-0.2, -0.15) is 0 Å². The zero-order chi connectivity index (χ0) is 33.4. The molecule has 46 heavy (non-hydrogen) atoms. The minimum atomic E-state index is -1.03. The van der Waals surface area contributed by atoms with Gasteiger partial charge in [0.15, 0.2) is 0 Å². The molecular formula is C40H46O6. The van der Waals surface area contributed by atoms with Crippen LogP contribution in [0.2, 0.25) is 0 Å². The van der Waals surface area contributed by atoms with Gasteiger partial charge in [0.05, 0.1) is 5.57 Å². The van der Waals surface area contributed by atoms with Gasteiger partial charge >= 0.3 is 17.9 Å². The number of ether oxygens (including phenoxy) is 2. The molecule has 0 aromatic heterocycles. The van der Waals surface area contributed by atoms with Crippen LogP contribution in [0.25, 0.3) is 17.7 Å². The number of carboxylic acids is 1. The average Bonchev–Trinajstić information content (AvgIpc) is 3.00. The van der Waals surface area contributed by atoms with E-state index in [0.29, 0.717) is 11.1 Å². The van der Waals surface area contributed by atoms with E-state index in [0.717, 1.165) is 12.0 Å². The number of hydrogen-bond donors (Lipinski definition) is 1. The van der Waals surface area contributed by atoms with Crippen LogP contribution < -0.4 is 9.47 Å². The number of rotatable bonds is 19. The quantitative estimate of drug-likeness (QED) is 0.0419. The molecule has 0 fully saturated rings. The highest BCUT2D eigenvalue weighted by Crippen LogP contribution is 2.25. The maximum Gasteiger partial charge on any atom is 0.336 e. The summed E-state index contributed by atoms with van der Waals surface area (Å²) in [5, 5.41) is 9.74. The Balaban J connectivity index is 1.89. The van der Waals surface area contributed by atoms with Gasteiger partial charge in [-0.3, -0.25) is 9.59 Å². The molecule has 0 aliphatic heterocycles. The Kier molecular flexibility index (Phi) is 18.2. The van der Waals surface area contributed by atoms with Crippen molar-refractivity contribution in [2.24, 2.45) is 0 Å². The average molecular weight is 623 g/mol. The van der Waals surface area contributed by atoms with E-state index >= 15 is 0 Å². The fourth-order valence-electron chi connectivity index (χ4n) is 4.39. The lowest BCUT2D eigenvalue weighted by Crippen LogP contribution is -2.04. The molecule has 0 saturated heterocycles. The summed E-state index contributed by atoms with van der Waals surface area (Å²) in [7, 11) is 0. The maximum absolute atomic E-state index is 11.9. The zero-order valence-corrected chi connectivity index (χ0v) is 27.2. The first kappa shape index (κ1) is 37.2. The molecule has 0 bridgehead atoms. The van der Waals surface area contributed by atoms with Gasteiger partial charge in [-0.15, -0.1) is 0 Å². The number of hydrogen-bond acceptors (Lipinski definition) is 5. The summed E-state index contributed by atoms with van der Waals surface area (Å²) in [5.74, 6) is -1.50. The SMILES string of the molecule is CCCCCCCCCC=CC=CC=CC=CC=CC=C(C(=O)O)c1ccc(C=Cc2cc(OC(C)=O)cc(OC(C)=O)c2)cc1. The Hall–Kier alpha value is -4.97. The van der Waals surface area contributed by atoms with Crippen molar-refractivity contribution in [3.05, 3.63) is 126 Å². The molecule has 6 nitrogen and oxygen atoms in total. The molecule has 2 aromatic rings. The number of aliphatic carboxylic acids is 1. The largest absolute Gasteiger partial charge is 0.478 e. The number of unbranched alkanes of at least 4 members (excludes halogenated alkanes) is 7. The van der Waals surface area contributed by atoms with Gasteiger partial charge in [0.25, 0.3) is 0 Å². The number of benzene rings is 2. The fourth-order valence-corrected chi connectivity index (χ4v) is 4.39. The summed E-state index contributed by atoms with van der Waals surface area (Å²) in [5.41, 5.74) is 2.21. The van der Waals surface area contributed by atoms with E-state index in [1.54, 1.807) is 60.7 Å². The highest BCUT2D eigenvalue weighted by molar-refractivity contribution is 6.15. The first-order valence-electron chi connectivity index (χ1n) is 15.9. The lowest BCUT2D eigenvalue weighted by Gasteiger charge is -2.07. The first-order valence-corrected chi connectivity index (χ1v) is 15.9. The molecule has 0 heterocycles. The van der Waals surface area contributed by atoms with E-state index in [9.17, 15) is 19.5 Å². The fraction of sp³-hybridized carbons (Fsp3) is 0.275. The number of allylic oxidation sites excluding steroid dienone is 11. The number of carboxylic acid groups (broad SMARTS) is 1. The Labute approximate surface area is 273 Å². The van der Waals surface area contributed by atoms with E-state index in [1.807, 2.05) is 42.5 Å². The lowest BCUT2D eigenvalue weighted by molar-refractivity contribution is -0.132. The third-order valence-electron chi connectivity index (χ3n) is 6.61. The van der Waals surface area contributed by atoms with Crippen LogP contribution in [-0.4, -0.2) is 23.0 Å². The van der Waals surface area contributed by atoms with Crippen LogP contribution in [0.15, 0.2) is 109 Å². The molecule has 1 N–H and O–H groups in total. The molecule has 0 saturated carbocycles. The van der Waals surface area contributed by atoms with E-state index in [2.05, 4.69) is 19.1 Å². The van der Waals surface area contributed by atoms with E-state index in [1.165, 1.54) is 64.9 Å². The van der Waals surface area contributed by atoms with Crippen LogP contribution in [0.5, 0.6) is 11.5 Å². The van der Waals surface area contributed by atoms with Crippen molar-refractivity contribution in [1.82, 2.24) is 0 Å². The Bertz CT molecular complexity index is 1430. The number of carbonyl (C=O) groups is 3. The molecular weight excluding hydrogens is 576 g/mol. The first-order chi connectivity index (χ1) is 22.3. The molecule has 0 spiro atoms. The van der Waals surface area contributed by atoms with Crippen LogP contribution in [-0.2, 0) is 14.4 Å². The van der Waals surface area contributed by atoms with Crippen molar-refractivity contribution in [2.45, 2.75) is 72.1 Å². The van der Waals surface area contributed by atoms with Crippen LogP contribution in [0, 0.1) is 0 Å². The maximum atomic E-state index is 11.9. The Morgan fingerprint density at radius 2 is 1.13 bits per heavy atom. The predicted molar refractivity (Wildman–Crippen MR) is 188 cm³/mol. The number of carbonyl (C=O) groups excluding carboxylic acids is 2. The normalized spacial score (nSPS) is 12.5. The molecule has 0 amide bonds. The van der Waals surface area contributed by atoms with Gasteiger partial charge in [-0.1, -0.05) is 143 Å².